The maximum absolute atomic E-state index is 5.53. The Morgan fingerprint density at radius 3 is 2.43 bits per heavy atom. The molecule has 2 atom stereocenters. The lowest BCUT2D eigenvalue weighted by atomic mass is 9.99. The molecule has 0 spiro atoms. The van der Waals surface area contributed by atoms with Gasteiger partial charge in [0, 0.05) is 19.5 Å². The second-order valence-corrected chi connectivity index (χ2v) is 3.84. The summed E-state index contributed by atoms with van der Waals surface area (Å²) in [6, 6.07) is 0. The summed E-state index contributed by atoms with van der Waals surface area (Å²) in [6.45, 7) is 1.81. The van der Waals surface area contributed by atoms with E-state index < -0.39 is 0 Å². The van der Waals surface area contributed by atoms with E-state index in [0.717, 1.165) is 19.0 Å². The van der Waals surface area contributed by atoms with Crippen molar-refractivity contribution in [2.75, 3.05) is 23.7 Å². The summed E-state index contributed by atoms with van der Waals surface area (Å²) in [5.41, 5.74) is 6.13. The SMILES string of the molecule is Nc1cnc(N2CC3CC(C2)O3)nc1. The van der Waals surface area contributed by atoms with Crippen molar-refractivity contribution in [2.24, 2.45) is 0 Å². The molecule has 74 valence electrons. The molecule has 1 aromatic heterocycles. The summed E-state index contributed by atoms with van der Waals surface area (Å²) in [4.78, 5) is 10.5. The minimum absolute atomic E-state index is 0.384. The van der Waals surface area contributed by atoms with E-state index in [1.165, 1.54) is 6.42 Å². The lowest BCUT2D eigenvalue weighted by molar-refractivity contribution is -0.133. The van der Waals surface area contributed by atoms with Crippen LogP contribution in [0.5, 0.6) is 0 Å². The van der Waals surface area contributed by atoms with Gasteiger partial charge in [-0.2, -0.15) is 0 Å². The Labute approximate surface area is 81.9 Å². The fourth-order valence-electron chi connectivity index (χ4n) is 2.01. The minimum atomic E-state index is 0.384. The van der Waals surface area contributed by atoms with E-state index in [0.29, 0.717) is 17.9 Å². The number of rotatable bonds is 1. The molecule has 3 fully saturated rings. The van der Waals surface area contributed by atoms with Crippen molar-refractivity contribution < 1.29 is 4.74 Å². The van der Waals surface area contributed by atoms with Crippen molar-refractivity contribution in [3.05, 3.63) is 12.4 Å². The zero-order valence-corrected chi connectivity index (χ0v) is 7.76. The topological polar surface area (TPSA) is 64.3 Å². The maximum atomic E-state index is 5.53. The first-order valence-corrected chi connectivity index (χ1v) is 4.79. The number of ether oxygens (including phenoxy) is 1. The molecule has 0 radical (unpaired) electrons. The molecule has 5 nitrogen and oxygen atoms in total. The van der Waals surface area contributed by atoms with Crippen molar-refractivity contribution in [3.63, 3.8) is 0 Å². The minimum Gasteiger partial charge on any atom is -0.396 e. The molecule has 3 aliphatic rings. The standard InChI is InChI=1S/C9H12N4O/c10-6-2-11-9(12-3-6)13-4-7-1-8(5-13)14-7/h2-3,7-8H,1,4-5,10H2. The van der Waals surface area contributed by atoms with E-state index in [4.69, 9.17) is 10.5 Å². The van der Waals surface area contributed by atoms with Crippen LogP contribution in [0.4, 0.5) is 11.6 Å². The Balaban J connectivity index is 1.79. The smallest absolute Gasteiger partial charge is 0.225 e. The van der Waals surface area contributed by atoms with Crippen molar-refractivity contribution >= 4 is 11.6 Å². The second kappa shape index (κ2) is 2.81. The van der Waals surface area contributed by atoms with Crippen LogP contribution < -0.4 is 10.6 Å². The van der Waals surface area contributed by atoms with Crippen LogP contribution in [0.3, 0.4) is 0 Å². The Kier molecular flexibility index (Phi) is 1.61. The van der Waals surface area contributed by atoms with Crippen molar-refractivity contribution in [1.29, 1.82) is 0 Å². The van der Waals surface area contributed by atoms with Crippen LogP contribution in [-0.4, -0.2) is 35.3 Å². The van der Waals surface area contributed by atoms with Gasteiger partial charge >= 0.3 is 0 Å². The van der Waals surface area contributed by atoms with E-state index >= 15 is 0 Å². The van der Waals surface area contributed by atoms with Crippen molar-refractivity contribution in [3.8, 4) is 0 Å². The van der Waals surface area contributed by atoms with Gasteiger partial charge in [0.25, 0.3) is 0 Å². The molecule has 0 aliphatic carbocycles. The van der Waals surface area contributed by atoms with Gasteiger partial charge < -0.3 is 15.4 Å². The van der Waals surface area contributed by atoms with E-state index in [9.17, 15) is 0 Å². The van der Waals surface area contributed by atoms with E-state index in [1.54, 1.807) is 12.4 Å². The largest absolute Gasteiger partial charge is 0.396 e. The highest BCUT2D eigenvalue weighted by Gasteiger charge is 2.39. The molecular weight excluding hydrogens is 180 g/mol. The quantitative estimate of drug-likeness (QED) is 0.680. The third kappa shape index (κ3) is 1.21. The van der Waals surface area contributed by atoms with Crippen LogP contribution >= 0.6 is 0 Å². The van der Waals surface area contributed by atoms with Crippen LogP contribution in [-0.2, 0) is 4.74 Å². The predicted octanol–water partition coefficient (Wildman–Crippen LogP) is 0.0363. The summed E-state index contributed by atoms with van der Waals surface area (Å²) < 4.78 is 5.53. The van der Waals surface area contributed by atoms with E-state index in [2.05, 4.69) is 14.9 Å². The first kappa shape index (κ1) is 7.99. The van der Waals surface area contributed by atoms with Gasteiger partial charge in [0.15, 0.2) is 0 Å². The third-order valence-corrected chi connectivity index (χ3v) is 2.70. The normalized spacial score (nSPS) is 29.9. The van der Waals surface area contributed by atoms with Crippen LogP contribution in [0.15, 0.2) is 12.4 Å². The first-order chi connectivity index (χ1) is 6.81. The first-order valence-electron chi connectivity index (χ1n) is 4.79. The number of nitrogen functional groups attached to an aromatic ring is 1. The van der Waals surface area contributed by atoms with Gasteiger partial charge in [-0.05, 0) is 0 Å². The molecule has 2 N–H and O–H groups in total. The molecule has 3 saturated heterocycles. The Bertz CT molecular complexity index is 323. The van der Waals surface area contributed by atoms with Crippen molar-refractivity contribution in [2.45, 2.75) is 18.6 Å². The number of nitrogens with zero attached hydrogens (tertiary/aromatic N) is 3. The highest BCUT2D eigenvalue weighted by atomic mass is 16.5. The summed E-state index contributed by atoms with van der Waals surface area (Å²) in [6.07, 6.45) is 5.24. The maximum Gasteiger partial charge on any atom is 0.225 e. The van der Waals surface area contributed by atoms with E-state index in [1.807, 2.05) is 0 Å². The van der Waals surface area contributed by atoms with Crippen LogP contribution in [0.2, 0.25) is 0 Å². The lowest BCUT2D eigenvalue weighted by Crippen LogP contribution is -2.57. The summed E-state index contributed by atoms with van der Waals surface area (Å²) >= 11 is 0. The number of piperidine rings is 1. The van der Waals surface area contributed by atoms with Gasteiger partial charge in [0.05, 0.1) is 30.3 Å². The highest BCUT2D eigenvalue weighted by Crippen LogP contribution is 2.29. The number of nitrogens with two attached hydrogens (primary N) is 1. The van der Waals surface area contributed by atoms with Gasteiger partial charge in [0.2, 0.25) is 5.95 Å². The molecule has 2 bridgehead atoms. The monoisotopic (exact) mass is 192 g/mol. The van der Waals surface area contributed by atoms with Crippen LogP contribution in [0.1, 0.15) is 6.42 Å². The van der Waals surface area contributed by atoms with Gasteiger partial charge in [-0.1, -0.05) is 0 Å². The molecule has 2 unspecified atom stereocenters. The molecule has 0 saturated carbocycles. The molecule has 3 aliphatic heterocycles. The number of hydrogen-bond acceptors (Lipinski definition) is 5. The number of anilines is 2. The van der Waals surface area contributed by atoms with Gasteiger partial charge in [-0.25, -0.2) is 9.97 Å². The number of aromatic nitrogens is 2. The Hall–Kier alpha value is -1.36. The zero-order chi connectivity index (χ0) is 9.54. The number of morpholine rings is 1. The molecule has 5 heteroatoms. The highest BCUT2D eigenvalue weighted by molar-refractivity contribution is 5.39. The van der Waals surface area contributed by atoms with Crippen LogP contribution in [0, 0.1) is 0 Å². The second-order valence-electron chi connectivity index (χ2n) is 3.84. The molecule has 0 aromatic carbocycles. The Morgan fingerprint density at radius 1 is 1.29 bits per heavy atom. The molecule has 0 amide bonds. The van der Waals surface area contributed by atoms with Crippen LogP contribution in [0.25, 0.3) is 0 Å². The summed E-state index contributed by atoms with van der Waals surface area (Å²) in [5, 5.41) is 0. The number of hydrogen-bond donors (Lipinski definition) is 1. The third-order valence-electron chi connectivity index (χ3n) is 2.70. The summed E-state index contributed by atoms with van der Waals surface area (Å²) in [7, 11) is 0. The van der Waals surface area contributed by atoms with Gasteiger partial charge in [0.1, 0.15) is 0 Å². The average Bonchev–Trinajstić information content (AvgIpc) is 2.18. The number of fused-ring (bicyclic) bond motifs is 2. The fraction of sp³-hybridized carbons (Fsp3) is 0.556. The molecule has 1 aromatic rings. The zero-order valence-electron chi connectivity index (χ0n) is 7.76. The summed E-state index contributed by atoms with van der Waals surface area (Å²) in [5.74, 6) is 0.761. The van der Waals surface area contributed by atoms with Gasteiger partial charge in [-0.3, -0.25) is 0 Å². The predicted molar refractivity (Wildman–Crippen MR) is 51.9 cm³/mol. The van der Waals surface area contributed by atoms with Crippen molar-refractivity contribution in [1.82, 2.24) is 9.97 Å². The van der Waals surface area contributed by atoms with E-state index in [-0.39, 0.29) is 0 Å². The molecule has 4 heterocycles. The lowest BCUT2D eigenvalue weighted by Gasteiger charge is -2.46. The Morgan fingerprint density at radius 2 is 1.86 bits per heavy atom. The van der Waals surface area contributed by atoms with Gasteiger partial charge in [-0.15, -0.1) is 0 Å². The molecule has 4 rings (SSSR count). The average molecular weight is 192 g/mol. The molecular formula is C9H12N4O. The fourth-order valence-corrected chi connectivity index (χ4v) is 2.01. The molecule has 14 heavy (non-hydrogen) atoms.